The fraction of sp³-hybridized carbons (Fsp3) is 0.214. The number of anilines is 1. The van der Waals surface area contributed by atoms with Gasteiger partial charge in [0.15, 0.2) is 0 Å². The largest absolute Gasteiger partial charge is 0.496 e. The van der Waals surface area contributed by atoms with Gasteiger partial charge in [-0.15, -0.1) is 11.3 Å². The quantitative estimate of drug-likeness (QED) is 0.872. The second-order valence-corrected chi connectivity index (χ2v) is 4.87. The Bertz CT molecular complexity index is 592. The lowest BCUT2D eigenvalue weighted by Crippen LogP contribution is -2.04. The summed E-state index contributed by atoms with van der Waals surface area (Å²) in [7, 11) is 1.61. The number of esters is 1. The van der Waals surface area contributed by atoms with Crippen LogP contribution in [0.2, 0.25) is 0 Å². The molecule has 1 aromatic carbocycles. The monoisotopic (exact) mass is 277 g/mol. The molecule has 2 rings (SSSR count). The van der Waals surface area contributed by atoms with Crippen molar-refractivity contribution in [1.82, 2.24) is 0 Å². The van der Waals surface area contributed by atoms with Crippen molar-refractivity contribution < 1.29 is 14.3 Å². The molecular weight excluding hydrogens is 262 g/mol. The van der Waals surface area contributed by atoms with E-state index in [-0.39, 0.29) is 5.97 Å². The van der Waals surface area contributed by atoms with Crippen LogP contribution in [0.4, 0.5) is 5.69 Å². The van der Waals surface area contributed by atoms with Crippen LogP contribution in [0, 0.1) is 0 Å². The summed E-state index contributed by atoms with van der Waals surface area (Å²) in [4.78, 5) is 13.1. The number of benzene rings is 1. The highest BCUT2D eigenvalue weighted by atomic mass is 32.1. The zero-order chi connectivity index (χ0) is 13.8. The van der Waals surface area contributed by atoms with Gasteiger partial charge in [-0.05, 0) is 25.1 Å². The standard InChI is InChI=1S/C14H15NO3S/c1-3-18-14(16)13-10(15)8-12(19-13)9-6-4-5-7-11(9)17-2/h4-8H,3,15H2,1-2H3. The molecule has 100 valence electrons. The van der Waals surface area contributed by atoms with E-state index in [0.717, 1.165) is 16.2 Å². The Kier molecular flexibility index (Phi) is 4.06. The van der Waals surface area contributed by atoms with Gasteiger partial charge in [-0.2, -0.15) is 0 Å². The molecule has 0 aliphatic rings. The Hall–Kier alpha value is -2.01. The summed E-state index contributed by atoms with van der Waals surface area (Å²) in [5, 5.41) is 0. The van der Waals surface area contributed by atoms with E-state index in [1.807, 2.05) is 24.3 Å². The van der Waals surface area contributed by atoms with Crippen LogP contribution in [-0.4, -0.2) is 19.7 Å². The van der Waals surface area contributed by atoms with Crippen molar-refractivity contribution in [2.45, 2.75) is 6.92 Å². The number of hydrogen-bond donors (Lipinski definition) is 1. The van der Waals surface area contributed by atoms with Crippen LogP contribution < -0.4 is 10.5 Å². The first kappa shape index (κ1) is 13.4. The second-order valence-electron chi connectivity index (χ2n) is 3.82. The molecule has 0 fully saturated rings. The van der Waals surface area contributed by atoms with E-state index in [2.05, 4.69) is 0 Å². The molecule has 0 atom stereocenters. The van der Waals surface area contributed by atoms with Gasteiger partial charge in [0.05, 0.1) is 19.4 Å². The predicted octanol–water partition coefficient (Wildman–Crippen LogP) is 3.18. The van der Waals surface area contributed by atoms with Gasteiger partial charge in [-0.1, -0.05) is 12.1 Å². The molecule has 0 unspecified atom stereocenters. The minimum absolute atomic E-state index is 0.333. The topological polar surface area (TPSA) is 61.5 Å². The number of carbonyl (C=O) groups is 1. The Balaban J connectivity index is 2.42. The maximum absolute atomic E-state index is 11.7. The number of nitrogens with two attached hydrogens (primary N) is 1. The number of hydrogen-bond acceptors (Lipinski definition) is 5. The van der Waals surface area contributed by atoms with Crippen molar-refractivity contribution in [2.24, 2.45) is 0 Å². The van der Waals surface area contributed by atoms with Crippen LogP contribution in [0.15, 0.2) is 30.3 Å². The van der Waals surface area contributed by atoms with Gasteiger partial charge >= 0.3 is 5.97 Å². The van der Waals surface area contributed by atoms with Gasteiger partial charge in [0.1, 0.15) is 10.6 Å². The number of para-hydroxylation sites is 1. The van der Waals surface area contributed by atoms with E-state index < -0.39 is 0 Å². The highest BCUT2D eigenvalue weighted by molar-refractivity contribution is 7.18. The van der Waals surface area contributed by atoms with Crippen LogP contribution in [-0.2, 0) is 4.74 Å². The van der Waals surface area contributed by atoms with Gasteiger partial charge in [0.2, 0.25) is 0 Å². The van der Waals surface area contributed by atoms with Crippen LogP contribution >= 0.6 is 11.3 Å². The Morgan fingerprint density at radius 1 is 1.37 bits per heavy atom. The van der Waals surface area contributed by atoms with Crippen LogP contribution in [0.1, 0.15) is 16.6 Å². The molecular formula is C14H15NO3S. The van der Waals surface area contributed by atoms with Crippen molar-refractivity contribution in [3.63, 3.8) is 0 Å². The van der Waals surface area contributed by atoms with E-state index in [9.17, 15) is 4.79 Å². The molecule has 0 saturated carbocycles. The van der Waals surface area contributed by atoms with E-state index in [0.29, 0.717) is 17.2 Å². The molecule has 0 saturated heterocycles. The molecule has 0 aliphatic heterocycles. The SMILES string of the molecule is CCOC(=O)c1sc(-c2ccccc2OC)cc1N. The zero-order valence-corrected chi connectivity index (χ0v) is 11.6. The number of methoxy groups -OCH3 is 1. The van der Waals surface area contributed by atoms with Crippen LogP contribution in [0.5, 0.6) is 5.75 Å². The lowest BCUT2D eigenvalue weighted by atomic mass is 10.1. The average Bonchev–Trinajstić information content (AvgIpc) is 2.81. The Labute approximate surface area is 115 Å². The fourth-order valence-electron chi connectivity index (χ4n) is 1.74. The van der Waals surface area contributed by atoms with Crippen LogP contribution in [0.25, 0.3) is 10.4 Å². The normalized spacial score (nSPS) is 10.2. The molecule has 0 spiro atoms. The summed E-state index contributed by atoms with van der Waals surface area (Å²) in [5.41, 5.74) is 7.22. The third kappa shape index (κ3) is 2.71. The van der Waals surface area contributed by atoms with Gasteiger partial charge in [0, 0.05) is 10.4 Å². The molecule has 0 radical (unpaired) electrons. The van der Waals surface area contributed by atoms with E-state index in [1.165, 1.54) is 11.3 Å². The third-order valence-electron chi connectivity index (χ3n) is 2.59. The number of rotatable bonds is 4. The maximum Gasteiger partial charge on any atom is 0.350 e. The minimum atomic E-state index is -0.383. The first-order chi connectivity index (χ1) is 9.17. The molecule has 2 N–H and O–H groups in total. The second kappa shape index (κ2) is 5.75. The van der Waals surface area contributed by atoms with Crippen molar-refractivity contribution in [3.8, 4) is 16.2 Å². The predicted molar refractivity (Wildman–Crippen MR) is 76.7 cm³/mol. The van der Waals surface area contributed by atoms with E-state index >= 15 is 0 Å². The molecule has 4 nitrogen and oxygen atoms in total. The summed E-state index contributed by atoms with van der Waals surface area (Å²) in [6.45, 7) is 2.10. The van der Waals surface area contributed by atoms with Crippen molar-refractivity contribution in [2.75, 3.05) is 19.5 Å². The molecule has 0 bridgehead atoms. The highest BCUT2D eigenvalue weighted by Crippen LogP contribution is 2.38. The van der Waals surface area contributed by atoms with Gasteiger partial charge in [-0.3, -0.25) is 0 Å². The van der Waals surface area contributed by atoms with E-state index in [1.54, 1.807) is 20.1 Å². The fourth-order valence-corrected chi connectivity index (χ4v) is 2.75. The third-order valence-corrected chi connectivity index (χ3v) is 3.76. The molecule has 1 aromatic heterocycles. The number of carbonyl (C=O) groups excluding carboxylic acids is 1. The summed E-state index contributed by atoms with van der Waals surface area (Å²) in [6, 6.07) is 9.38. The molecule has 5 heteroatoms. The summed E-state index contributed by atoms with van der Waals surface area (Å²) >= 11 is 1.31. The molecule has 0 amide bonds. The lowest BCUT2D eigenvalue weighted by Gasteiger charge is -2.05. The average molecular weight is 277 g/mol. The number of thiophene rings is 1. The van der Waals surface area contributed by atoms with Crippen molar-refractivity contribution in [1.29, 1.82) is 0 Å². The first-order valence-corrected chi connectivity index (χ1v) is 6.68. The smallest absolute Gasteiger partial charge is 0.350 e. The molecule has 0 aliphatic carbocycles. The molecule has 1 heterocycles. The Morgan fingerprint density at radius 3 is 2.79 bits per heavy atom. The van der Waals surface area contributed by atoms with Gasteiger partial charge in [0.25, 0.3) is 0 Å². The lowest BCUT2D eigenvalue weighted by molar-refractivity contribution is 0.0533. The summed E-state index contributed by atoms with van der Waals surface area (Å²) < 4.78 is 10.3. The Morgan fingerprint density at radius 2 is 2.11 bits per heavy atom. The highest BCUT2D eigenvalue weighted by Gasteiger charge is 2.17. The number of ether oxygens (including phenoxy) is 2. The minimum Gasteiger partial charge on any atom is -0.496 e. The van der Waals surface area contributed by atoms with E-state index in [4.69, 9.17) is 15.2 Å². The summed E-state index contributed by atoms with van der Waals surface area (Å²) in [6.07, 6.45) is 0. The van der Waals surface area contributed by atoms with Crippen molar-refractivity contribution >= 4 is 23.0 Å². The van der Waals surface area contributed by atoms with Crippen LogP contribution in [0.3, 0.4) is 0 Å². The maximum atomic E-state index is 11.7. The summed E-state index contributed by atoms with van der Waals surface area (Å²) in [5.74, 6) is 0.366. The van der Waals surface area contributed by atoms with Gasteiger partial charge in [-0.25, -0.2) is 4.79 Å². The molecule has 19 heavy (non-hydrogen) atoms. The molecule has 2 aromatic rings. The van der Waals surface area contributed by atoms with Crippen molar-refractivity contribution in [3.05, 3.63) is 35.2 Å². The van der Waals surface area contributed by atoms with Gasteiger partial charge < -0.3 is 15.2 Å². The number of nitrogen functional groups attached to an aromatic ring is 1. The zero-order valence-electron chi connectivity index (χ0n) is 10.8. The first-order valence-electron chi connectivity index (χ1n) is 5.87.